The van der Waals surface area contributed by atoms with Gasteiger partial charge in [-0.1, -0.05) is 6.58 Å². The summed E-state index contributed by atoms with van der Waals surface area (Å²) >= 11 is 0. The van der Waals surface area contributed by atoms with E-state index in [-0.39, 0.29) is 12.7 Å². The van der Waals surface area contributed by atoms with Gasteiger partial charge in [0.25, 0.3) is 0 Å². The molecule has 0 saturated carbocycles. The molecular formula is C7H13BO2. The standard InChI is InChI=1S/C7H13BO2/c1-6-5-7(2,3)10-8(4)9-6/h1,5H2,2-4H3. The van der Waals surface area contributed by atoms with Gasteiger partial charge in [0, 0.05) is 6.42 Å². The van der Waals surface area contributed by atoms with E-state index in [1.165, 1.54) is 0 Å². The van der Waals surface area contributed by atoms with E-state index in [4.69, 9.17) is 9.31 Å². The summed E-state index contributed by atoms with van der Waals surface area (Å²) in [6.07, 6.45) is 0.789. The van der Waals surface area contributed by atoms with Gasteiger partial charge < -0.3 is 9.31 Å². The molecule has 2 nitrogen and oxygen atoms in total. The minimum absolute atomic E-state index is 0.102. The van der Waals surface area contributed by atoms with Crippen LogP contribution in [0, 0.1) is 0 Å². The molecule has 1 heterocycles. The van der Waals surface area contributed by atoms with Gasteiger partial charge in [0.1, 0.15) is 0 Å². The average Bonchev–Trinajstić information content (AvgIpc) is 1.54. The van der Waals surface area contributed by atoms with Gasteiger partial charge >= 0.3 is 7.12 Å². The summed E-state index contributed by atoms with van der Waals surface area (Å²) in [6, 6.07) is 0. The van der Waals surface area contributed by atoms with Gasteiger partial charge in [-0.2, -0.15) is 0 Å². The van der Waals surface area contributed by atoms with Gasteiger partial charge in [-0.3, -0.25) is 0 Å². The highest BCUT2D eigenvalue weighted by molar-refractivity contribution is 6.43. The van der Waals surface area contributed by atoms with Crippen molar-refractivity contribution in [1.29, 1.82) is 0 Å². The first-order valence-corrected chi connectivity index (χ1v) is 3.52. The third-order valence-electron chi connectivity index (χ3n) is 1.44. The minimum atomic E-state index is -0.142. The van der Waals surface area contributed by atoms with E-state index >= 15 is 0 Å². The van der Waals surface area contributed by atoms with Crippen molar-refractivity contribution in [3.8, 4) is 0 Å². The van der Waals surface area contributed by atoms with E-state index in [9.17, 15) is 0 Å². The summed E-state index contributed by atoms with van der Waals surface area (Å²) in [5.74, 6) is 0.823. The summed E-state index contributed by atoms with van der Waals surface area (Å²) in [4.78, 5) is 0. The van der Waals surface area contributed by atoms with Gasteiger partial charge in [-0.25, -0.2) is 0 Å². The second-order valence-corrected chi connectivity index (χ2v) is 3.28. The highest BCUT2D eigenvalue weighted by atomic mass is 16.6. The fourth-order valence-corrected chi connectivity index (χ4v) is 1.27. The Morgan fingerprint density at radius 1 is 1.60 bits per heavy atom. The van der Waals surface area contributed by atoms with Crippen LogP contribution in [0.3, 0.4) is 0 Å². The Morgan fingerprint density at radius 3 is 2.60 bits per heavy atom. The monoisotopic (exact) mass is 140 g/mol. The summed E-state index contributed by atoms with van der Waals surface area (Å²) < 4.78 is 10.7. The second-order valence-electron chi connectivity index (χ2n) is 3.28. The quantitative estimate of drug-likeness (QED) is 0.478. The van der Waals surface area contributed by atoms with Crippen molar-refractivity contribution in [2.24, 2.45) is 0 Å². The molecule has 0 spiro atoms. The molecule has 0 radical (unpaired) electrons. The summed E-state index contributed by atoms with van der Waals surface area (Å²) in [6.45, 7) is 9.72. The third kappa shape index (κ3) is 1.77. The topological polar surface area (TPSA) is 18.5 Å². The van der Waals surface area contributed by atoms with Crippen LogP contribution >= 0.6 is 0 Å². The van der Waals surface area contributed by atoms with E-state index in [0.717, 1.165) is 12.2 Å². The molecule has 0 unspecified atom stereocenters. The first-order chi connectivity index (χ1) is 4.49. The van der Waals surface area contributed by atoms with E-state index in [1.807, 2.05) is 20.7 Å². The number of hydrogen-bond donors (Lipinski definition) is 0. The smallest absolute Gasteiger partial charge is 0.522 e. The highest BCUT2D eigenvalue weighted by Gasteiger charge is 2.32. The summed E-state index contributed by atoms with van der Waals surface area (Å²) in [5.41, 5.74) is -0.102. The van der Waals surface area contributed by atoms with Crippen LogP contribution < -0.4 is 0 Å². The molecule has 0 aliphatic carbocycles. The largest absolute Gasteiger partial charge is 0.540 e. The van der Waals surface area contributed by atoms with Crippen LogP contribution in [0.1, 0.15) is 20.3 Å². The predicted molar refractivity (Wildman–Crippen MR) is 41.6 cm³/mol. The molecule has 1 saturated heterocycles. The molecule has 0 aromatic heterocycles. The van der Waals surface area contributed by atoms with Gasteiger partial charge in [-0.15, -0.1) is 0 Å². The van der Waals surface area contributed by atoms with Gasteiger partial charge in [-0.05, 0) is 20.7 Å². The van der Waals surface area contributed by atoms with Crippen molar-refractivity contribution in [3.63, 3.8) is 0 Å². The Bertz CT molecular complexity index is 154. The molecule has 56 valence electrons. The minimum Gasteiger partial charge on any atom is -0.540 e. The van der Waals surface area contributed by atoms with Crippen molar-refractivity contribution < 1.29 is 9.31 Å². The summed E-state index contributed by atoms with van der Waals surface area (Å²) in [7, 11) is -0.142. The molecular weight excluding hydrogens is 127 g/mol. The molecule has 1 fully saturated rings. The Morgan fingerprint density at radius 2 is 2.20 bits per heavy atom. The maximum atomic E-state index is 5.46. The molecule has 1 rings (SSSR count). The molecule has 10 heavy (non-hydrogen) atoms. The lowest BCUT2D eigenvalue weighted by molar-refractivity contribution is 0.0374. The zero-order chi connectivity index (χ0) is 7.78. The van der Waals surface area contributed by atoms with Gasteiger partial charge in [0.15, 0.2) is 0 Å². The van der Waals surface area contributed by atoms with Crippen LogP contribution in [0.25, 0.3) is 0 Å². The normalized spacial score (nSPS) is 24.3. The molecule has 0 N–H and O–H groups in total. The maximum Gasteiger partial charge on any atom is 0.522 e. The molecule has 0 amide bonds. The Hall–Kier alpha value is -0.435. The van der Waals surface area contributed by atoms with E-state index in [0.29, 0.717) is 0 Å². The molecule has 1 aliphatic heterocycles. The lowest BCUT2D eigenvalue weighted by atomic mass is 9.87. The average molecular weight is 140 g/mol. The van der Waals surface area contributed by atoms with Crippen molar-refractivity contribution in [2.75, 3.05) is 0 Å². The van der Waals surface area contributed by atoms with Crippen molar-refractivity contribution in [2.45, 2.75) is 32.7 Å². The SMILES string of the molecule is C=C1CC(C)(C)OB(C)O1. The summed E-state index contributed by atoms with van der Waals surface area (Å²) in [5, 5.41) is 0. The number of rotatable bonds is 0. The van der Waals surface area contributed by atoms with Gasteiger partial charge in [0.05, 0.1) is 11.4 Å². The van der Waals surface area contributed by atoms with Crippen LogP contribution in [-0.2, 0) is 9.31 Å². The molecule has 0 aromatic carbocycles. The first kappa shape index (κ1) is 7.67. The van der Waals surface area contributed by atoms with Crippen LogP contribution in [0.4, 0.5) is 0 Å². The predicted octanol–water partition coefficient (Wildman–Crippen LogP) is 1.83. The highest BCUT2D eigenvalue weighted by Crippen LogP contribution is 2.26. The Kier molecular flexibility index (Phi) is 1.77. The first-order valence-electron chi connectivity index (χ1n) is 3.52. The van der Waals surface area contributed by atoms with Crippen molar-refractivity contribution in [3.05, 3.63) is 12.3 Å². The van der Waals surface area contributed by atoms with Crippen LogP contribution in [0.15, 0.2) is 12.3 Å². The molecule has 0 atom stereocenters. The fourth-order valence-electron chi connectivity index (χ4n) is 1.27. The lowest BCUT2D eigenvalue weighted by Crippen LogP contribution is -2.39. The lowest BCUT2D eigenvalue weighted by Gasteiger charge is -2.34. The number of hydrogen-bond acceptors (Lipinski definition) is 2. The van der Waals surface area contributed by atoms with E-state index in [2.05, 4.69) is 6.58 Å². The van der Waals surface area contributed by atoms with Crippen LogP contribution in [0.5, 0.6) is 0 Å². The van der Waals surface area contributed by atoms with Gasteiger partial charge in [0.2, 0.25) is 0 Å². The molecule has 3 heteroatoms. The zero-order valence-electron chi connectivity index (χ0n) is 6.81. The van der Waals surface area contributed by atoms with Crippen molar-refractivity contribution in [1.82, 2.24) is 0 Å². The van der Waals surface area contributed by atoms with Crippen molar-refractivity contribution >= 4 is 7.12 Å². The Balaban J connectivity index is 2.59. The zero-order valence-corrected chi connectivity index (χ0v) is 6.81. The third-order valence-corrected chi connectivity index (χ3v) is 1.44. The van der Waals surface area contributed by atoms with Crippen LogP contribution in [-0.4, -0.2) is 12.7 Å². The van der Waals surface area contributed by atoms with E-state index in [1.54, 1.807) is 0 Å². The molecule has 1 aliphatic rings. The molecule has 0 bridgehead atoms. The van der Waals surface area contributed by atoms with Crippen LogP contribution in [0.2, 0.25) is 6.82 Å². The maximum absolute atomic E-state index is 5.46. The molecule has 0 aromatic rings. The fraction of sp³-hybridized carbons (Fsp3) is 0.714. The second kappa shape index (κ2) is 2.31. The Labute approximate surface area is 62.4 Å². The van der Waals surface area contributed by atoms with E-state index < -0.39 is 0 Å².